The first-order valence-corrected chi connectivity index (χ1v) is 7.57. The average Bonchev–Trinajstić information content (AvgIpc) is 2.62. The second-order valence-electron chi connectivity index (χ2n) is 5.55. The summed E-state index contributed by atoms with van der Waals surface area (Å²) in [7, 11) is 0. The maximum atomic E-state index is 11.5. The predicted molar refractivity (Wildman–Crippen MR) is 93.0 cm³/mol. The van der Waals surface area contributed by atoms with Gasteiger partial charge in [-0.05, 0) is 12.1 Å². The Balaban J connectivity index is 1.95. The fraction of sp³-hybridized carbons (Fsp3) is 0.0500. The molecule has 3 nitrogen and oxygen atoms in total. The molecular weight excluding hydrogens is 285 g/mol. The third-order valence-corrected chi connectivity index (χ3v) is 4.03. The summed E-state index contributed by atoms with van der Waals surface area (Å²) in [6.07, 6.45) is 0. The van der Waals surface area contributed by atoms with Gasteiger partial charge in [0.25, 0.3) is 0 Å². The Hall–Kier alpha value is -2.91. The summed E-state index contributed by atoms with van der Waals surface area (Å²) in [6, 6.07) is 27.1. The Labute approximate surface area is 135 Å². The van der Waals surface area contributed by atoms with E-state index in [4.69, 9.17) is 4.99 Å². The van der Waals surface area contributed by atoms with Crippen LogP contribution in [0, 0.1) is 0 Å². The van der Waals surface area contributed by atoms with Gasteiger partial charge >= 0.3 is 0 Å². The summed E-state index contributed by atoms with van der Waals surface area (Å²) < 4.78 is 0. The topological polar surface area (TPSA) is 44.6 Å². The number of rotatable bonds is 2. The molecule has 0 aromatic heterocycles. The van der Waals surface area contributed by atoms with Crippen LogP contribution in [-0.2, 0) is 5.72 Å². The third-order valence-electron chi connectivity index (χ3n) is 4.03. The van der Waals surface area contributed by atoms with Crippen LogP contribution in [0.5, 0.6) is 0 Å². The molecule has 0 fully saturated rings. The van der Waals surface area contributed by atoms with Gasteiger partial charge in [-0.25, -0.2) is 4.99 Å². The minimum Gasteiger partial charge on any atom is -0.362 e. The van der Waals surface area contributed by atoms with Crippen LogP contribution in [0.3, 0.4) is 0 Å². The number of fused-ring (bicyclic) bond motifs is 1. The lowest BCUT2D eigenvalue weighted by Gasteiger charge is -2.36. The number of nitrogens with one attached hydrogen (secondary N) is 1. The Kier molecular flexibility index (Phi) is 3.21. The molecule has 0 bridgehead atoms. The van der Waals surface area contributed by atoms with Crippen molar-refractivity contribution in [2.75, 3.05) is 5.32 Å². The molecule has 1 aliphatic heterocycles. The molecule has 1 heterocycles. The largest absolute Gasteiger partial charge is 0.362 e. The van der Waals surface area contributed by atoms with Crippen LogP contribution < -0.4 is 5.32 Å². The first-order valence-electron chi connectivity index (χ1n) is 7.57. The summed E-state index contributed by atoms with van der Waals surface area (Å²) in [6.45, 7) is 0. The van der Waals surface area contributed by atoms with Crippen molar-refractivity contribution in [1.82, 2.24) is 0 Å². The van der Waals surface area contributed by atoms with Gasteiger partial charge < -0.3 is 10.4 Å². The maximum Gasteiger partial charge on any atom is 0.207 e. The smallest absolute Gasteiger partial charge is 0.207 e. The zero-order valence-corrected chi connectivity index (χ0v) is 12.5. The summed E-state index contributed by atoms with van der Waals surface area (Å²) in [4.78, 5) is 4.75. The zero-order valence-electron chi connectivity index (χ0n) is 12.5. The normalized spacial score (nSPS) is 19.4. The van der Waals surface area contributed by atoms with Gasteiger partial charge in [0.2, 0.25) is 5.72 Å². The van der Waals surface area contributed by atoms with E-state index in [9.17, 15) is 5.11 Å². The lowest BCUT2D eigenvalue weighted by atomic mass is 10.1. The number of aliphatic imine (C=N–C) groups is 1. The van der Waals surface area contributed by atoms with E-state index < -0.39 is 5.72 Å². The van der Waals surface area contributed by atoms with Gasteiger partial charge in [0.15, 0.2) is 0 Å². The van der Waals surface area contributed by atoms with E-state index in [0.29, 0.717) is 5.71 Å². The number of benzene rings is 3. The van der Waals surface area contributed by atoms with Crippen molar-refractivity contribution in [3.8, 4) is 0 Å². The summed E-state index contributed by atoms with van der Waals surface area (Å²) in [5.74, 6) is 0. The molecule has 1 aliphatic rings. The Morgan fingerprint density at radius 2 is 1.35 bits per heavy atom. The first-order chi connectivity index (χ1) is 11.3. The first kappa shape index (κ1) is 13.7. The molecule has 1 unspecified atom stereocenters. The van der Waals surface area contributed by atoms with Crippen molar-refractivity contribution in [3.05, 3.63) is 96.1 Å². The zero-order chi connectivity index (χ0) is 15.7. The molecule has 0 aliphatic carbocycles. The van der Waals surface area contributed by atoms with Crippen LogP contribution in [0.25, 0.3) is 0 Å². The van der Waals surface area contributed by atoms with Gasteiger partial charge in [0.1, 0.15) is 5.71 Å². The van der Waals surface area contributed by atoms with Gasteiger partial charge in [-0.2, -0.15) is 0 Å². The molecule has 0 radical (unpaired) electrons. The standard InChI is InChI=1S/C20H16N2O/c23-20(16-11-5-2-6-12-16)19(15-9-3-1-4-10-15)21-17-13-7-8-14-18(17)22-20/h1-14,22-23H/i20+1. The minimum absolute atomic E-state index is 0.600. The SMILES string of the molecule is O[13C]1(c2ccccc2)Nc2ccccc2N=C1c1ccccc1. The highest BCUT2D eigenvalue weighted by molar-refractivity contribution is 6.11. The maximum absolute atomic E-state index is 11.5. The van der Waals surface area contributed by atoms with Crippen molar-refractivity contribution in [1.29, 1.82) is 0 Å². The molecule has 3 aromatic rings. The summed E-state index contributed by atoms with van der Waals surface area (Å²) in [5.41, 5.74) is 2.53. The lowest BCUT2D eigenvalue weighted by molar-refractivity contribution is 0.142. The molecule has 112 valence electrons. The van der Waals surface area contributed by atoms with Crippen molar-refractivity contribution in [3.63, 3.8) is 0 Å². The van der Waals surface area contributed by atoms with E-state index in [1.165, 1.54) is 0 Å². The number of nitrogens with zero attached hydrogens (tertiary/aromatic N) is 1. The Morgan fingerprint density at radius 1 is 0.739 bits per heavy atom. The minimum atomic E-state index is -1.36. The summed E-state index contributed by atoms with van der Waals surface area (Å²) >= 11 is 0. The van der Waals surface area contributed by atoms with E-state index in [1.807, 2.05) is 84.9 Å². The molecule has 3 heteroatoms. The van der Waals surface area contributed by atoms with Gasteiger partial charge in [0, 0.05) is 11.1 Å². The lowest BCUT2D eigenvalue weighted by Crippen LogP contribution is -2.45. The van der Waals surface area contributed by atoms with Crippen molar-refractivity contribution in [2.45, 2.75) is 5.72 Å². The van der Waals surface area contributed by atoms with E-state index in [2.05, 4.69) is 5.32 Å². The molecule has 0 spiro atoms. The highest BCUT2D eigenvalue weighted by atomic mass is 16.4. The molecule has 0 saturated heterocycles. The number of anilines is 1. The third kappa shape index (κ3) is 2.31. The fourth-order valence-electron chi connectivity index (χ4n) is 2.89. The van der Waals surface area contributed by atoms with Crippen LogP contribution >= 0.6 is 0 Å². The van der Waals surface area contributed by atoms with Crippen molar-refractivity contribution < 1.29 is 5.11 Å². The van der Waals surface area contributed by atoms with Crippen molar-refractivity contribution in [2.24, 2.45) is 4.99 Å². The molecule has 3 aromatic carbocycles. The van der Waals surface area contributed by atoms with E-state index in [1.54, 1.807) is 0 Å². The average molecular weight is 301 g/mol. The second-order valence-corrected chi connectivity index (χ2v) is 5.55. The molecule has 23 heavy (non-hydrogen) atoms. The number of hydrogen-bond donors (Lipinski definition) is 2. The quantitative estimate of drug-likeness (QED) is 0.701. The Bertz CT molecular complexity index is 859. The van der Waals surface area contributed by atoms with Crippen LogP contribution in [0.2, 0.25) is 0 Å². The van der Waals surface area contributed by atoms with Gasteiger partial charge in [-0.15, -0.1) is 0 Å². The van der Waals surface area contributed by atoms with Crippen LogP contribution in [0.1, 0.15) is 11.1 Å². The van der Waals surface area contributed by atoms with Crippen LogP contribution in [0.15, 0.2) is 89.9 Å². The molecule has 4 rings (SSSR count). The highest BCUT2D eigenvalue weighted by Gasteiger charge is 2.39. The van der Waals surface area contributed by atoms with Crippen LogP contribution in [-0.4, -0.2) is 10.8 Å². The van der Waals surface area contributed by atoms with Crippen molar-refractivity contribution >= 4 is 17.1 Å². The molecule has 0 saturated carbocycles. The monoisotopic (exact) mass is 301 g/mol. The highest BCUT2D eigenvalue weighted by Crippen LogP contribution is 2.38. The number of hydrogen-bond acceptors (Lipinski definition) is 3. The van der Waals surface area contributed by atoms with E-state index in [-0.39, 0.29) is 0 Å². The summed E-state index contributed by atoms with van der Waals surface area (Å²) in [5, 5.41) is 14.7. The van der Waals surface area contributed by atoms with E-state index in [0.717, 1.165) is 22.5 Å². The molecule has 0 amide bonds. The van der Waals surface area contributed by atoms with Gasteiger partial charge in [0.05, 0.1) is 11.4 Å². The molecular formula is C20H16N2O. The Morgan fingerprint density at radius 3 is 2.09 bits per heavy atom. The van der Waals surface area contributed by atoms with Crippen LogP contribution in [0.4, 0.5) is 11.4 Å². The van der Waals surface area contributed by atoms with E-state index >= 15 is 0 Å². The van der Waals surface area contributed by atoms with Gasteiger partial charge in [-0.3, -0.25) is 0 Å². The second kappa shape index (κ2) is 5.38. The fourth-order valence-corrected chi connectivity index (χ4v) is 2.89. The number of para-hydroxylation sites is 2. The van der Waals surface area contributed by atoms with Gasteiger partial charge in [-0.1, -0.05) is 72.8 Å². The molecule has 2 N–H and O–H groups in total. The predicted octanol–water partition coefficient (Wildman–Crippen LogP) is 4.08. The number of aliphatic hydroxyl groups is 1. The molecule has 1 atom stereocenters.